The van der Waals surface area contributed by atoms with Gasteiger partial charge in [0.1, 0.15) is 24.2 Å². The minimum atomic E-state index is -0.253. The predicted octanol–water partition coefficient (Wildman–Crippen LogP) is 3.42. The highest BCUT2D eigenvalue weighted by Crippen LogP contribution is 2.26. The van der Waals surface area contributed by atoms with E-state index in [0.717, 1.165) is 22.3 Å². The Hall–Kier alpha value is -4.56. The number of nitrogens with one attached hydrogen (secondary N) is 3. The first-order valence-electron chi connectivity index (χ1n) is 11.8. The third-order valence-corrected chi connectivity index (χ3v) is 5.89. The highest BCUT2D eigenvalue weighted by atomic mass is 32.1. The molecular formula is C27H28N8O2S. The molecule has 0 radical (unpaired) electrons. The second-order valence-electron chi connectivity index (χ2n) is 8.36. The largest absolute Gasteiger partial charge is 0.369 e. The second kappa shape index (κ2) is 13.1. The van der Waals surface area contributed by atoms with Crippen LogP contribution < -0.4 is 16.0 Å². The van der Waals surface area contributed by atoms with E-state index in [0.29, 0.717) is 35.6 Å². The standard InChI is InChI=1S/C27H26N8O2.H2S/c1-17(20-5-3-6-21-24(20)34-16-35-25(21)27(37)29-2)14-31-23-13-22(32-15-33-23)18-7-9-19(10-8-18)26(36)30-12-4-11-28;/h3,5-10,13,15-17H,4,12,14H2,1-2H3,(H,29,37)(H,30,36)(H,31,32,33);1H2/t17-;/m1./s1. The molecule has 0 aliphatic carbocycles. The van der Waals surface area contributed by atoms with Crippen LogP contribution in [0.5, 0.6) is 0 Å². The van der Waals surface area contributed by atoms with Crippen LogP contribution in [-0.4, -0.2) is 51.9 Å². The number of aromatic nitrogens is 4. The van der Waals surface area contributed by atoms with E-state index in [-0.39, 0.29) is 37.6 Å². The lowest BCUT2D eigenvalue weighted by Gasteiger charge is -2.16. The van der Waals surface area contributed by atoms with Crippen LogP contribution in [0, 0.1) is 11.3 Å². The molecule has 4 rings (SSSR count). The fraction of sp³-hybridized carbons (Fsp3) is 0.222. The Labute approximate surface area is 227 Å². The van der Waals surface area contributed by atoms with Gasteiger partial charge in [-0.2, -0.15) is 18.8 Å². The molecule has 0 spiro atoms. The van der Waals surface area contributed by atoms with E-state index in [1.165, 1.54) is 12.7 Å². The van der Waals surface area contributed by atoms with Gasteiger partial charge in [0, 0.05) is 48.6 Å². The van der Waals surface area contributed by atoms with E-state index < -0.39 is 0 Å². The quantitative estimate of drug-likeness (QED) is 0.280. The van der Waals surface area contributed by atoms with E-state index >= 15 is 0 Å². The fourth-order valence-electron chi connectivity index (χ4n) is 3.91. The molecule has 10 nitrogen and oxygen atoms in total. The van der Waals surface area contributed by atoms with Gasteiger partial charge in [0.05, 0.1) is 23.7 Å². The Balaban J connectivity index is 0.00000400. The molecule has 0 saturated heterocycles. The number of hydrogen-bond donors (Lipinski definition) is 3. The lowest BCUT2D eigenvalue weighted by molar-refractivity contribution is 0.0948. The van der Waals surface area contributed by atoms with Gasteiger partial charge in [0.2, 0.25) is 0 Å². The lowest BCUT2D eigenvalue weighted by atomic mass is 9.97. The molecule has 0 aliphatic heterocycles. The van der Waals surface area contributed by atoms with Crippen LogP contribution in [0.2, 0.25) is 0 Å². The van der Waals surface area contributed by atoms with Gasteiger partial charge in [0.15, 0.2) is 0 Å². The smallest absolute Gasteiger partial charge is 0.270 e. The fourth-order valence-corrected chi connectivity index (χ4v) is 3.91. The first-order valence-corrected chi connectivity index (χ1v) is 11.8. The molecule has 2 amide bonds. The maximum Gasteiger partial charge on any atom is 0.270 e. The molecular weight excluding hydrogens is 500 g/mol. The monoisotopic (exact) mass is 528 g/mol. The normalized spacial score (nSPS) is 11.1. The number of nitriles is 1. The van der Waals surface area contributed by atoms with Gasteiger partial charge in [-0.15, -0.1) is 0 Å². The van der Waals surface area contributed by atoms with Crippen molar-refractivity contribution >= 4 is 42.0 Å². The van der Waals surface area contributed by atoms with Gasteiger partial charge in [0.25, 0.3) is 11.8 Å². The van der Waals surface area contributed by atoms with E-state index in [1.54, 1.807) is 19.2 Å². The average Bonchev–Trinajstić information content (AvgIpc) is 2.95. The minimum absolute atomic E-state index is 0. The van der Waals surface area contributed by atoms with E-state index in [2.05, 4.69) is 42.8 Å². The number of anilines is 1. The molecule has 0 aliphatic rings. The summed E-state index contributed by atoms with van der Waals surface area (Å²) in [7, 11) is 1.58. The van der Waals surface area contributed by atoms with E-state index in [4.69, 9.17) is 5.26 Å². The molecule has 2 aromatic carbocycles. The average molecular weight is 529 g/mol. The number of fused-ring (bicyclic) bond motifs is 1. The summed E-state index contributed by atoms with van der Waals surface area (Å²) < 4.78 is 0. The van der Waals surface area contributed by atoms with Crippen LogP contribution in [0.25, 0.3) is 22.2 Å². The third kappa shape index (κ3) is 6.41. The van der Waals surface area contributed by atoms with Gasteiger partial charge in [-0.05, 0) is 17.7 Å². The zero-order chi connectivity index (χ0) is 26.2. The topological polar surface area (TPSA) is 146 Å². The summed E-state index contributed by atoms with van der Waals surface area (Å²) >= 11 is 0. The number of nitrogens with zero attached hydrogens (tertiary/aromatic N) is 5. The maximum absolute atomic E-state index is 12.2. The Kier molecular flexibility index (Phi) is 9.67. The van der Waals surface area contributed by atoms with Crippen molar-refractivity contribution in [3.8, 4) is 17.3 Å². The van der Waals surface area contributed by atoms with E-state index in [9.17, 15) is 9.59 Å². The highest BCUT2D eigenvalue weighted by molar-refractivity contribution is 7.59. The van der Waals surface area contributed by atoms with E-state index in [1.807, 2.05) is 42.5 Å². The molecule has 2 aromatic heterocycles. The molecule has 0 bridgehead atoms. The van der Waals surface area contributed by atoms with Crippen LogP contribution in [0.15, 0.2) is 61.2 Å². The number of hydrogen-bond acceptors (Lipinski definition) is 8. The number of carbonyl (C=O) groups excluding carboxylic acids is 2. The van der Waals surface area contributed by atoms with Gasteiger partial charge < -0.3 is 16.0 Å². The van der Waals surface area contributed by atoms with Gasteiger partial charge >= 0.3 is 0 Å². The predicted molar refractivity (Wildman–Crippen MR) is 150 cm³/mol. The first-order chi connectivity index (χ1) is 18.0. The van der Waals surface area contributed by atoms with Crippen molar-refractivity contribution < 1.29 is 9.59 Å². The molecule has 3 N–H and O–H groups in total. The molecule has 4 aromatic rings. The molecule has 2 heterocycles. The maximum atomic E-state index is 12.2. The Bertz CT molecular complexity index is 1470. The van der Waals surface area contributed by atoms with Crippen LogP contribution in [0.1, 0.15) is 45.7 Å². The number of benzene rings is 2. The van der Waals surface area contributed by atoms with Crippen molar-refractivity contribution in [2.24, 2.45) is 0 Å². The number of para-hydroxylation sites is 1. The minimum Gasteiger partial charge on any atom is -0.369 e. The Morgan fingerprint density at radius 1 is 1.00 bits per heavy atom. The summed E-state index contributed by atoms with van der Waals surface area (Å²) in [5, 5.41) is 18.0. The summed E-state index contributed by atoms with van der Waals surface area (Å²) in [5.74, 6) is 0.253. The number of rotatable bonds is 9. The Morgan fingerprint density at radius 2 is 1.76 bits per heavy atom. The van der Waals surface area contributed by atoms with Gasteiger partial charge in [-0.1, -0.05) is 37.3 Å². The molecule has 38 heavy (non-hydrogen) atoms. The zero-order valence-corrected chi connectivity index (χ0v) is 22.0. The first kappa shape index (κ1) is 28.0. The zero-order valence-electron chi connectivity index (χ0n) is 21.0. The number of carbonyl (C=O) groups is 2. The molecule has 11 heteroatoms. The van der Waals surface area contributed by atoms with Crippen molar-refractivity contribution in [3.05, 3.63) is 78.0 Å². The summed E-state index contributed by atoms with van der Waals surface area (Å²) in [6.07, 6.45) is 3.17. The lowest BCUT2D eigenvalue weighted by Crippen LogP contribution is -2.24. The SMILES string of the molecule is CNC(=O)c1ncnc2c([C@H](C)CNc3cc(-c4ccc(C(=O)NCCC#N)cc4)ncn3)cccc12.S. The highest BCUT2D eigenvalue weighted by Gasteiger charge is 2.16. The molecule has 0 unspecified atom stereocenters. The molecule has 194 valence electrons. The van der Waals surface area contributed by atoms with Crippen molar-refractivity contribution in [1.82, 2.24) is 30.6 Å². The van der Waals surface area contributed by atoms with Crippen molar-refractivity contribution in [1.29, 1.82) is 5.26 Å². The van der Waals surface area contributed by atoms with Crippen LogP contribution in [0.3, 0.4) is 0 Å². The summed E-state index contributed by atoms with van der Waals surface area (Å²) in [4.78, 5) is 41.7. The van der Waals surface area contributed by atoms with Crippen LogP contribution in [-0.2, 0) is 0 Å². The Morgan fingerprint density at radius 3 is 2.50 bits per heavy atom. The second-order valence-corrected chi connectivity index (χ2v) is 8.36. The van der Waals surface area contributed by atoms with Crippen LogP contribution >= 0.6 is 13.5 Å². The van der Waals surface area contributed by atoms with Crippen molar-refractivity contribution in [3.63, 3.8) is 0 Å². The van der Waals surface area contributed by atoms with Gasteiger partial charge in [-0.25, -0.2) is 19.9 Å². The van der Waals surface area contributed by atoms with Crippen molar-refractivity contribution in [2.45, 2.75) is 19.3 Å². The number of amides is 2. The molecule has 0 saturated carbocycles. The molecule has 0 fully saturated rings. The van der Waals surface area contributed by atoms with Gasteiger partial charge in [-0.3, -0.25) is 9.59 Å². The third-order valence-electron chi connectivity index (χ3n) is 5.89. The van der Waals surface area contributed by atoms with Crippen molar-refractivity contribution in [2.75, 3.05) is 25.5 Å². The summed E-state index contributed by atoms with van der Waals surface area (Å²) in [6, 6.07) is 16.7. The summed E-state index contributed by atoms with van der Waals surface area (Å²) in [6.45, 7) is 2.97. The van der Waals surface area contributed by atoms with Crippen LogP contribution in [0.4, 0.5) is 5.82 Å². The molecule has 1 atom stereocenters. The summed E-state index contributed by atoms with van der Waals surface area (Å²) in [5.41, 5.74) is 4.16.